The van der Waals surface area contributed by atoms with Crippen LogP contribution in [0, 0.1) is 0 Å². The van der Waals surface area contributed by atoms with E-state index in [0.717, 1.165) is 9.87 Å². The van der Waals surface area contributed by atoms with Gasteiger partial charge in [-0.05, 0) is 42.8 Å². The molecule has 2 aromatic rings. The molecule has 8 nitrogen and oxygen atoms in total. The van der Waals surface area contributed by atoms with E-state index in [1.165, 1.54) is 26.2 Å². The first-order valence-electron chi connectivity index (χ1n) is 8.58. The van der Waals surface area contributed by atoms with E-state index in [1.807, 2.05) is 6.92 Å². The second-order valence-electron chi connectivity index (χ2n) is 6.60. The molecule has 2 N–H and O–H groups in total. The molecule has 1 unspecified atom stereocenters. The second kappa shape index (κ2) is 7.61. The molecule has 0 saturated carbocycles. The molecule has 3 rings (SSSR count). The molecule has 0 aromatic heterocycles. The first-order chi connectivity index (χ1) is 13.2. The average Bonchev–Trinajstić information content (AvgIpc) is 2.67. The van der Waals surface area contributed by atoms with Crippen LogP contribution < -0.4 is 15.4 Å². The molecule has 9 heteroatoms. The number of carbonyl (C=O) groups excluding carboxylic acids is 2. The molecule has 0 spiro atoms. The third-order valence-corrected chi connectivity index (χ3v) is 6.21. The lowest BCUT2D eigenvalue weighted by molar-refractivity contribution is -0.118. The van der Waals surface area contributed by atoms with E-state index in [-0.39, 0.29) is 29.4 Å². The highest BCUT2D eigenvalue weighted by molar-refractivity contribution is 7.89. The van der Waals surface area contributed by atoms with Crippen molar-refractivity contribution in [1.82, 2.24) is 9.62 Å². The Hall–Kier alpha value is -2.91. The average molecular weight is 403 g/mol. The van der Waals surface area contributed by atoms with E-state index in [1.54, 1.807) is 30.3 Å². The van der Waals surface area contributed by atoms with Crippen LogP contribution in [0.15, 0.2) is 47.4 Å². The molecule has 0 fully saturated rings. The van der Waals surface area contributed by atoms with Crippen LogP contribution >= 0.6 is 0 Å². The fourth-order valence-corrected chi connectivity index (χ4v) is 3.62. The Bertz CT molecular complexity index is 1020. The molecular weight excluding hydrogens is 382 g/mol. The summed E-state index contributed by atoms with van der Waals surface area (Å²) in [6, 6.07) is 10.8. The van der Waals surface area contributed by atoms with Gasteiger partial charge >= 0.3 is 0 Å². The standard InChI is InChI=1S/C19H21N3O5S/c1-12(13-4-7-15(8-5-13)28(25,26)22(2)3)20-19(24)14-6-9-16-17(10-14)27-11-18(23)21-16/h4-10,12H,11H2,1-3H3,(H,20,24)(H,21,23). The lowest BCUT2D eigenvalue weighted by Crippen LogP contribution is -2.28. The number of sulfonamides is 1. The Morgan fingerprint density at radius 2 is 1.86 bits per heavy atom. The molecule has 1 atom stereocenters. The molecule has 0 saturated heterocycles. The third-order valence-electron chi connectivity index (χ3n) is 4.38. The number of hydrogen-bond donors (Lipinski definition) is 2. The predicted octanol–water partition coefficient (Wildman–Crippen LogP) is 1.76. The number of nitrogens with zero attached hydrogens (tertiary/aromatic N) is 1. The lowest BCUT2D eigenvalue weighted by atomic mass is 10.1. The molecular formula is C19H21N3O5S. The van der Waals surface area contributed by atoms with Crippen molar-refractivity contribution < 1.29 is 22.7 Å². The van der Waals surface area contributed by atoms with Gasteiger partial charge in [0.1, 0.15) is 5.75 Å². The summed E-state index contributed by atoms with van der Waals surface area (Å²) in [6.45, 7) is 1.72. The largest absolute Gasteiger partial charge is 0.482 e. The summed E-state index contributed by atoms with van der Waals surface area (Å²) in [5, 5.41) is 5.54. The van der Waals surface area contributed by atoms with Gasteiger partial charge in [-0.1, -0.05) is 12.1 Å². The molecule has 0 bridgehead atoms. The zero-order valence-corrected chi connectivity index (χ0v) is 16.5. The Balaban J connectivity index is 1.72. The maximum atomic E-state index is 12.5. The van der Waals surface area contributed by atoms with E-state index in [9.17, 15) is 18.0 Å². The van der Waals surface area contributed by atoms with Gasteiger partial charge in [-0.25, -0.2) is 12.7 Å². The normalized spacial score (nSPS) is 14.6. The van der Waals surface area contributed by atoms with Crippen molar-refractivity contribution in [3.63, 3.8) is 0 Å². The van der Waals surface area contributed by atoms with E-state index in [0.29, 0.717) is 17.0 Å². The summed E-state index contributed by atoms with van der Waals surface area (Å²) >= 11 is 0. The van der Waals surface area contributed by atoms with E-state index >= 15 is 0 Å². The summed E-state index contributed by atoms with van der Waals surface area (Å²) in [5.41, 5.74) is 1.69. The highest BCUT2D eigenvalue weighted by Crippen LogP contribution is 2.28. The van der Waals surface area contributed by atoms with Crippen LogP contribution in [-0.2, 0) is 14.8 Å². The van der Waals surface area contributed by atoms with Crippen LogP contribution in [0.25, 0.3) is 0 Å². The highest BCUT2D eigenvalue weighted by Gasteiger charge is 2.20. The minimum Gasteiger partial charge on any atom is -0.482 e. The Kier molecular flexibility index (Phi) is 5.39. The molecule has 0 aliphatic carbocycles. The molecule has 0 radical (unpaired) electrons. The molecule has 2 amide bonds. The zero-order chi connectivity index (χ0) is 20.5. The van der Waals surface area contributed by atoms with Gasteiger partial charge in [0.05, 0.1) is 16.6 Å². The zero-order valence-electron chi connectivity index (χ0n) is 15.7. The number of carbonyl (C=O) groups is 2. The summed E-state index contributed by atoms with van der Waals surface area (Å²) in [7, 11) is -0.552. The second-order valence-corrected chi connectivity index (χ2v) is 8.75. The fraction of sp³-hybridized carbons (Fsp3) is 0.263. The van der Waals surface area contributed by atoms with Crippen molar-refractivity contribution in [3.8, 4) is 5.75 Å². The summed E-state index contributed by atoms with van der Waals surface area (Å²) in [6.07, 6.45) is 0. The van der Waals surface area contributed by atoms with Gasteiger partial charge in [-0.3, -0.25) is 9.59 Å². The molecule has 1 heterocycles. The van der Waals surface area contributed by atoms with E-state index in [4.69, 9.17) is 4.74 Å². The topological polar surface area (TPSA) is 105 Å². The minimum atomic E-state index is -3.50. The number of rotatable bonds is 5. The van der Waals surface area contributed by atoms with Gasteiger partial charge < -0.3 is 15.4 Å². The van der Waals surface area contributed by atoms with E-state index in [2.05, 4.69) is 10.6 Å². The monoisotopic (exact) mass is 403 g/mol. The quantitative estimate of drug-likeness (QED) is 0.792. The summed E-state index contributed by atoms with van der Waals surface area (Å²) in [4.78, 5) is 24.0. The van der Waals surface area contributed by atoms with Crippen molar-refractivity contribution in [2.45, 2.75) is 17.9 Å². The Labute approximate surface area is 163 Å². The van der Waals surface area contributed by atoms with Crippen LogP contribution in [0.4, 0.5) is 5.69 Å². The van der Waals surface area contributed by atoms with Crippen molar-refractivity contribution in [2.75, 3.05) is 26.0 Å². The van der Waals surface area contributed by atoms with Crippen LogP contribution in [0.5, 0.6) is 5.75 Å². The van der Waals surface area contributed by atoms with Crippen LogP contribution in [-0.4, -0.2) is 45.2 Å². The number of anilines is 1. The number of amides is 2. The molecule has 2 aromatic carbocycles. The van der Waals surface area contributed by atoms with Gasteiger partial charge in [0.25, 0.3) is 11.8 Å². The highest BCUT2D eigenvalue weighted by atomic mass is 32.2. The number of ether oxygens (including phenoxy) is 1. The van der Waals surface area contributed by atoms with Gasteiger partial charge in [-0.15, -0.1) is 0 Å². The van der Waals surface area contributed by atoms with Crippen molar-refractivity contribution in [3.05, 3.63) is 53.6 Å². The summed E-state index contributed by atoms with van der Waals surface area (Å²) in [5.74, 6) is -0.100. The lowest BCUT2D eigenvalue weighted by Gasteiger charge is -2.19. The Morgan fingerprint density at radius 1 is 1.18 bits per heavy atom. The van der Waals surface area contributed by atoms with Gasteiger partial charge in [0, 0.05) is 19.7 Å². The van der Waals surface area contributed by atoms with Crippen molar-refractivity contribution in [2.24, 2.45) is 0 Å². The van der Waals surface area contributed by atoms with Gasteiger partial charge in [-0.2, -0.15) is 0 Å². The molecule has 1 aliphatic rings. The van der Waals surface area contributed by atoms with Crippen molar-refractivity contribution >= 4 is 27.5 Å². The Morgan fingerprint density at radius 3 is 2.50 bits per heavy atom. The predicted molar refractivity (Wildman–Crippen MR) is 104 cm³/mol. The van der Waals surface area contributed by atoms with E-state index < -0.39 is 10.0 Å². The SMILES string of the molecule is CC(NC(=O)c1ccc2c(c1)OCC(=O)N2)c1ccc(S(=O)(=O)N(C)C)cc1. The van der Waals surface area contributed by atoms with Gasteiger partial charge in [0.15, 0.2) is 6.61 Å². The number of benzene rings is 2. The third kappa shape index (κ3) is 4.00. The fourth-order valence-electron chi connectivity index (χ4n) is 2.72. The maximum absolute atomic E-state index is 12.5. The van der Waals surface area contributed by atoms with Gasteiger partial charge in [0.2, 0.25) is 10.0 Å². The van der Waals surface area contributed by atoms with Crippen LogP contribution in [0.2, 0.25) is 0 Å². The smallest absolute Gasteiger partial charge is 0.262 e. The number of nitrogens with one attached hydrogen (secondary N) is 2. The number of fused-ring (bicyclic) bond motifs is 1. The number of hydrogen-bond acceptors (Lipinski definition) is 5. The maximum Gasteiger partial charge on any atom is 0.262 e. The van der Waals surface area contributed by atoms with Crippen LogP contribution in [0.3, 0.4) is 0 Å². The van der Waals surface area contributed by atoms with Crippen molar-refractivity contribution in [1.29, 1.82) is 0 Å². The van der Waals surface area contributed by atoms with Crippen LogP contribution in [0.1, 0.15) is 28.9 Å². The minimum absolute atomic E-state index is 0.0866. The molecule has 148 valence electrons. The first-order valence-corrected chi connectivity index (χ1v) is 10.0. The first kappa shape index (κ1) is 19.8. The summed E-state index contributed by atoms with van der Waals surface area (Å²) < 4.78 is 30.7. The molecule has 28 heavy (non-hydrogen) atoms. The molecule has 1 aliphatic heterocycles.